The Morgan fingerprint density at radius 1 is 1.14 bits per heavy atom. The third-order valence-electron chi connectivity index (χ3n) is 5.05. The number of rotatable bonds is 2. The van der Waals surface area contributed by atoms with Crippen LogP contribution in [0.5, 0.6) is 0 Å². The fourth-order valence-electron chi connectivity index (χ4n) is 3.50. The average Bonchev–Trinajstić information content (AvgIpc) is 3.20. The van der Waals surface area contributed by atoms with Crippen molar-refractivity contribution in [2.24, 2.45) is 0 Å². The van der Waals surface area contributed by atoms with Crippen LogP contribution in [0.15, 0.2) is 30.5 Å². The molecule has 1 saturated carbocycles. The first kappa shape index (κ1) is 12.9. The zero-order chi connectivity index (χ0) is 14.4. The van der Waals surface area contributed by atoms with Crippen molar-refractivity contribution >= 4 is 16.8 Å². The second-order valence-electron chi connectivity index (χ2n) is 6.43. The van der Waals surface area contributed by atoms with Gasteiger partial charge in [-0.1, -0.05) is 18.2 Å². The van der Waals surface area contributed by atoms with Crippen LogP contribution >= 0.6 is 0 Å². The molecule has 2 aliphatic rings. The van der Waals surface area contributed by atoms with Crippen LogP contribution in [0, 0.1) is 0 Å². The van der Waals surface area contributed by atoms with Crippen LogP contribution < -0.4 is 0 Å². The van der Waals surface area contributed by atoms with E-state index >= 15 is 0 Å². The second kappa shape index (κ2) is 4.60. The number of likely N-dealkylation sites (N-methyl/N-ethyl adjacent to an activating group) is 1. The van der Waals surface area contributed by atoms with E-state index in [9.17, 15) is 4.79 Å². The number of hydrogen-bond donors (Lipinski definition) is 1. The Bertz CT molecular complexity index is 678. The highest BCUT2D eigenvalue weighted by atomic mass is 16.2. The summed E-state index contributed by atoms with van der Waals surface area (Å²) in [5.74, 6) is 0.334. The number of piperazine rings is 1. The van der Waals surface area contributed by atoms with Gasteiger partial charge in [0.05, 0.1) is 5.41 Å². The fourth-order valence-corrected chi connectivity index (χ4v) is 3.50. The van der Waals surface area contributed by atoms with E-state index in [1.165, 1.54) is 10.9 Å². The standard InChI is InChI=1S/C17H21N3O/c1-19-8-10-20(11-9-19)16(21)17(6-7-17)14-12-18-15-5-3-2-4-13(14)15/h2-5,12,18H,6-11H2,1H3. The Balaban J connectivity index is 1.66. The van der Waals surface area contributed by atoms with Gasteiger partial charge >= 0.3 is 0 Å². The quantitative estimate of drug-likeness (QED) is 0.915. The van der Waals surface area contributed by atoms with Gasteiger partial charge in [-0.25, -0.2) is 0 Å². The molecule has 1 amide bonds. The second-order valence-corrected chi connectivity index (χ2v) is 6.43. The van der Waals surface area contributed by atoms with Crippen molar-refractivity contribution in [2.45, 2.75) is 18.3 Å². The maximum absolute atomic E-state index is 13.0. The summed E-state index contributed by atoms with van der Waals surface area (Å²) in [5, 5.41) is 1.21. The first-order valence-corrected chi connectivity index (χ1v) is 7.75. The largest absolute Gasteiger partial charge is 0.361 e. The van der Waals surface area contributed by atoms with Crippen molar-refractivity contribution < 1.29 is 4.79 Å². The SMILES string of the molecule is CN1CCN(C(=O)C2(c3c[nH]c4ccccc34)CC2)CC1. The topological polar surface area (TPSA) is 39.3 Å². The normalized spacial score (nSPS) is 21.7. The number of para-hydroxylation sites is 1. The number of nitrogens with one attached hydrogen (secondary N) is 1. The molecule has 0 spiro atoms. The third kappa shape index (κ3) is 1.97. The maximum Gasteiger partial charge on any atom is 0.233 e. The number of aromatic nitrogens is 1. The summed E-state index contributed by atoms with van der Waals surface area (Å²) in [6.07, 6.45) is 4.02. The molecular weight excluding hydrogens is 262 g/mol. The molecule has 2 heterocycles. The van der Waals surface area contributed by atoms with Crippen LogP contribution in [0.1, 0.15) is 18.4 Å². The van der Waals surface area contributed by atoms with Gasteiger partial charge in [0, 0.05) is 43.3 Å². The lowest BCUT2D eigenvalue weighted by Gasteiger charge is -2.34. The molecule has 0 radical (unpaired) electrons. The van der Waals surface area contributed by atoms with Crippen LogP contribution in [-0.4, -0.2) is 53.9 Å². The van der Waals surface area contributed by atoms with Gasteiger partial charge in [-0.15, -0.1) is 0 Å². The summed E-state index contributed by atoms with van der Waals surface area (Å²) >= 11 is 0. The highest BCUT2D eigenvalue weighted by Crippen LogP contribution is 2.51. The molecule has 4 nitrogen and oxygen atoms in total. The molecule has 0 unspecified atom stereocenters. The fraction of sp³-hybridized carbons (Fsp3) is 0.471. The minimum absolute atomic E-state index is 0.254. The van der Waals surface area contributed by atoms with Crippen LogP contribution in [0.25, 0.3) is 10.9 Å². The molecule has 2 aromatic rings. The molecular formula is C17H21N3O. The lowest BCUT2D eigenvalue weighted by atomic mass is 9.93. The molecule has 1 aromatic carbocycles. The molecule has 4 rings (SSSR count). The van der Waals surface area contributed by atoms with Gasteiger partial charge in [0.25, 0.3) is 0 Å². The monoisotopic (exact) mass is 283 g/mol. The highest BCUT2D eigenvalue weighted by Gasteiger charge is 2.54. The van der Waals surface area contributed by atoms with Crippen molar-refractivity contribution in [3.05, 3.63) is 36.0 Å². The Labute approximate surface area is 124 Å². The van der Waals surface area contributed by atoms with Crippen molar-refractivity contribution in [2.75, 3.05) is 33.2 Å². The molecule has 0 bridgehead atoms. The number of hydrogen-bond acceptors (Lipinski definition) is 2. The summed E-state index contributed by atoms with van der Waals surface area (Å²) < 4.78 is 0. The minimum atomic E-state index is -0.254. The Morgan fingerprint density at radius 2 is 1.86 bits per heavy atom. The van der Waals surface area contributed by atoms with Crippen LogP contribution in [0.2, 0.25) is 0 Å². The van der Waals surface area contributed by atoms with E-state index in [-0.39, 0.29) is 5.41 Å². The van der Waals surface area contributed by atoms with Crippen LogP contribution in [0.4, 0.5) is 0 Å². The molecule has 1 aliphatic carbocycles. The van der Waals surface area contributed by atoms with E-state index in [0.717, 1.165) is 44.5 Å². The van der Waals surface area contributed by atoms with Crippen molar-refractivity contribution in [3.8, 4) is 0 Å². The number of carbonyl (C=O) groups is 1. The summed E-state index contributed by atoms with van der Waals surface area (Å²) in [4.78, 5) is 20.7. The van der Waals surface area contributed by atoms with Crippen LogP contribution in [0.3, 0.4) is 0 Å². The smallest absolute Gasteiger partial charge is 0.233 e. The van der Waals surface area contributed by atoms with Gasteiger partial charge in [-0.2, -0.15) is 0 Å². The molecule has 21 heavy (non-hydrogen) atoms. The molecule has 2 fully saturated rings. The van der Waals surface area contributed by atoms with E-state index in [4.69, 9.17) is 0 Å². The number of carbonyl (C=O) groups excluding carboxylic acids is 1. The van der Waals surface area contributed by atoms with E-state index in [1.807, 2.05) is 12.3 Å². The van der Waals surface area contributed by atoms with Gasteiger partial charge in [-0.3, -0.25) is 4.79 Å². The van der Waals surface area contributed by atoms with E-state index in [1.54, 1.807) is 0 Å². The molecule has 4 heteroatoms. The van der Waals surface area contributed by atoms with Gasteiger partial charge in [0.15, 0.2) is 0 Å². The van der Waals surface area contributed by atoms with Gasteiger partial charge in [0.1, 0.15) is 0 Å². The predicted molar refractivity (Wildman–Crippen MR) is 83.3 cm³/mol. The average molecular weight is 283 g/mol. The molecule has 1 aromatic heterocycles. The van der Waals surface area contributed by atoms with Gasteiger partial charge < -0.3 is 14.8 Å². The van der Waals surface area contributed by atoms with Crippen molar-refractivity contribution in [1.82, 2.24) is 14.8 Å². The van der Waals surface area contributed by atoms with E-state index in [0.29, 0.717) is 5.91 Å². The Hall–Kier alpha value is -1.81. The number of H-pyrrole nitrogens is 1. The summed E-state index contributed by atoms with van der Waals surface area (Å²) in [5.41, 5.74) is 2.07. The van der Waals surface area contributed by atoms with Gasteiger partial charge in [-0.05, 0) is 31.5 Å². The number of aromatic amines is 1. The summed E-state index contributed by atoms with van der Waals surface area (Å²) in [6.45, 7) is 3.68. The highest BCUT2D eigenvalue weighted by molar-refractivity contribution is 5.97. The number of benzene rings is 1. The zero-order valence-corrected chi connectivity index (χ0v) is 12.4. The lowest BCUT2D eigenvalue weighted by molar-refractivity contribution is -0.135. The lowest BCUT2D eigenvalue weighted by Crippen LogP contribution is -2.50. The van der Waals surface area contributed by atoms with E-state index < -0.39 is 0 Å². The number of nitrogens with zero attached hydrogens (tertiary/aromatic N) is 2. The molecule has 1 aliphatic heterocycles. The third-order valence-corrected chi connectivity index (χ3v) is 5.05. The van der Waals surface area contributed by atoms with Crippen LogP contribution in [-0.2, 0) is 10.2 Å². The zero-order valence-electron chi connectivity index (χ0n) is 12.4. The minimum Gasteiger partial charge on any atom is -0.361 e. The predicted octanol–water partition coefficient (Wildman–Crippen LogP) is 1.97. The Morgan fingerprint density at radius 3 is 2.57 bits per heavy atom. The number of amides is 1. The summed E-state index contributed by atoms with van der Waals surface area (Å²) in [6, 6.07) is 8.29. The van der Waals surface area contributed by atoms with E-state index in [2.05, 4.69) is 40.0 Å². The first-order valence-electron chi connectivity index (χ1n) is 7.75. The number of fused-ring (bicyclic) bond motifs is 1. The molecule has 110 valence electrons. The molecule has 1 N–H and O–H groups in total. The van der Waals surface area contributed by atoms with Crippen molar-refractivity contribution in [1.29, 1.82) is 0 Å². The van der Waals surface area contributed by atoms with Gasteiger partial charge in [0.2, 0.25) is 5.91 Å². The Kier molecular flexibility index (Phi) is 2.82. The summed E-state index contributed by atoms with van der Waals surface area (Å²) in [7, 11) is 2.12. The first-order chi connectivity index (χ1) is 10.2. The van der Waals surface area contributed by atoms with Crippen molar-refractivity contribution in [3.63, 3.8) is 0 Å². The maximum atomic E-state index is 13.0. The molecule has 0 atom stereocenters. The molecule has 1 saturated heterocycles.